The number of aryl methyl sites for hydroxylation is 1. The third kappa shape index (κ3) is 3.41. The van der Waals surface area contributed by atoms with Crippen molar-refractivity contribution < 1.29 is 14.5 Å². The van der Waals surface area contributed by atoms with Crippen LogP contribution in [-0.2, 0) is 16.0 Å². The second kappa shape index (κ2) is 6.12. The van der Waals surface area contributed by atoms with Gasteiger partial charge >= 0.3 is 0 Å². The maximum atomic E-state index is 11.9. The van der Waals surface area contributed by atoms with Crippen molar-refractivity contribution >= 4 is 28.9 Å². The van der Waals surface area contributed by atoms with Crippen LogP contribution in [0.25, 0.3) is 0 Å². The molecule has 0 spiro atoms. The molecule has 0 saturated heterocycles. The number of amides is 2. The lowest BCUT2D eigenvalue weighted by Gasteiger charge is -2.12. The quantitative estimate of drug-likeness (QED) is 0.643. The van der Waals surface area contributed by atoms with Crippen molar-refractivity contribution in [1.29, 1.82) is 0 Å². The molecule has 1 heterocycles. The molecular formula is C13H14N4O4. The molecule has 0 aromatic heterocycles. The summed E-state index contributed by atoms with van der Waals surface area (Å²) in [5.41, 5.74) is 3.31. The number of hydrogen-bond donors (Lipinski definition) is 2. The van der Waals surface area contributed by atoms with E-state index in [1.165, 1.54) is 6.07 Å². The molecule has 110 valence electrons. The van der Waals surface area contributed by atoms with Gasteiger partial charge in [-0.05, 0) is 12.5 Å². The summed E-state index contributed by atoms with van der Waals surface area (Å²) >= 11 is 0. The van der Waals surface area contributed by atoms with Crippen LogP contribution in [0.2, 0.25) is 0 Å². The van der Waals surface area contributed by atoms with E-state index in [0.717, 1.165) is 0 Å². The molecule has 8 nitrogen and oxygen atoms in total. The normalized spacial score (nSPS) is 14.1. The lowest BCUT2D eigenvalue weighted by Crippen LogP contribution is -2.32. The van der Waals surface area contributed by atoms with Gasteiger partial charge in [0.25, 0.3) is 11.6 Å². The van der Waals surface area contributed by atoms with Crippen LogP contribution in [0.5, 0.6) is 0 Å². The molecule has 0 saturated carbocycles. The molecule has 1 aliphatic rings. The molecule has 2 N–H and O–H groups in total. The smallest absolute Gasteiger partial charge is 0.274 e. The van der Waals surface area contributed by atoms with Gasteiger partial charge in [0.05, 0.1) is 4.92 Å². The fourth-order valence-electron chi connectivity index (χ4n) is 1.95. The van der Waals surface area contributed by atoms with Crippen molar-refractivity contribution in [2.75, 3.05) is 5.32 Å². The number of nitro groups is 1. The molecule has 2 rings (SSSR count). The molecule has 1 aromatic rings. The van der Waals surface area contributed by atoms with E-state index in [2.05, 4.69) is 15.8 Å². The highest BCUT2D eigenvalue weighted by Gasteiger charge is 2.19. The minimum atomic E-state index is -0.479. The van der Waals surface area contributed by atoms with Gasteiger partial charge in [0.2, 0.25) is 5.91 Å². The topological polar surface area (TPSA) is 114 Å². The Bertz CT molecular complexity index is 639. The molecule has 8 heteroatoms. The maximum Gasteiger partial charge on any atom is 0.274 e. The zero-order valence-electron chi connectivity index (χ0n) is 11.4. The minimum absolute atomic E-state index is 0.0332. The Morgan fingerprint density at radius 3 is 2.81 bits per heavy atom. The first-order valence-electron chi connectivity index (χ1n) is 6.45. The summed E-state index contributed by atoms with van der Waals surface area (Å²) in [6.45, 7) is 1.82. The second-order valence-electron chi connectivity index (χ2n) is 4.50. The third-order valence-electron chi connectivity index (χ3n) is 3.09. The van der Waals surface area contributed by atoms with Crippen molar-refractivity contribution in [2.45, 2.75) is 26.2 Å². The number of nitro benzene ring substituents is 1. The fraction of sp³-hybridized carbons (Fsp3) is 0.308. The highest BCUT2D eigenvalue weighted by atomic mass is 16.6. The van der Waals surface area contributed by atoms with Gasteiger partial charge in [-0.1, -0.05) is 13.0 Å². The van der Waals surface area contributed by atoms with Gasteiger partial charge in [-0.25, -0.2) is 5.43 Å². The number of hydrazone groups is 1. The number of benzene rings is 1. The Kier molecular flexibility index (Phi) is 4.27. The van der Waals surface area contributed by atoms with Crippen molar-refractivity contribution in [3.05, 3.63) is 33.9 Å². The predicted octanol–water partition coefficient (Wildman–Crippen LogP) is 1.36. The van der Waals surface area contributed by atoms with Crippen LogP contribution >= 0.6 is 0 Å². The summed E-state index contributed by atoms with van der Waals surface area (Å²) < 4.78 is 0. The first-order valence-corrected chi connectivity index (χ1v) is 6.45. The summed E-state index contributed by atoms with van der Waals surface area (Å²) in [6, 6.07) is 4.53. The molecule has 0 radical (unpaired) electrons. The zero-order valence-corrected chi connectivity index (χ0v) is 11.4. The summed E-state index contributed by atoms with van der Waals surface area (Å²) in [4.78, 5) is 33.4. The Labute approximate surface area is 120 Å². The van der Waals surface area contributed by atoms with E-state index in [-0.39, 0.29) is 30.1 Å². The molecule has 21 heavy (non-hydrogen) atoms. The van der Waals surface area contributed by atoms with Crippen LogP contribution in [-0.4, -0.2) is 22.4 Å². The van der Waals surface area contributed by atoms with Gasteiger partial charge in [0, 0.05) is 30.2 Å². The highest BCUT2D eigenvalue weighted by Crippen LogP contribution is 2.23. The monoisotopic (exact) mass is 290 g/mol. The van der Waals surface area contributed by atoms with E-state index in [4.69, 9.17) is 0 Å². The number of rotatable bonds is 4. The molecule has 0 unspecified atom stereocenters. The van der Waals surface area contributed by atoms with Crippen molar-refractivity contribution in [1.82, 2.24) is 5.43 Å². The number of carbonyl (C=O) groups is 2. The first-order chi connectivity index (χ1) is 10.0. The van der Waals surface area contributed by atoms with E-state index in [9.17, 15) is 19.7 Å². The van der Waals surface area contributed by atoms with Crippen LogP contribution < -0.4 is 10.7 Å². The van der Waals surface area contributed by atoms with Gasteiger partial charge in [-0.3, -0.25) is 19.7 Å². The summed E-state index contributed by atoms with van der Waals surface area (Å²) in [5.74, 6) is -0.719. The van der Waals surface area contributed by atoms with E-state index < -0.39 is 10.8 Å². The minimum Gasteiger partial charge on any atom is -0.321 e. The van der Waals surface area contributed by atoms with Crippen molar-refractivity contribution in [2.24, 2.45) is 5.10 Å². The van der Waals surface area contributed by atoms with E-state index in [1.807, 2.05) is 6.92 Å². The Balaban J connectivity index is 2.16. The molecule has 0 bridgehead atoms. The van der Waals surface area contributed by atoms with Crippen LogP contribution in [0.1, 0.15) is 25.3 Å². The number of carbonyl (C=O) groups excluding carboxylic acids is 2. The van der Waals surface area contributed by atoms with E-state index in [0.29, 0.717) is 17.7 Å². The average Bonchev–Trinajstić information content (AvgIpc) is 2.47. The summed E-state index contributed by atoms with van der Waals surface area (Å²) in [5, 5.41) is 17.2. The standard InChI is InChI=1S/C13H14N4O4/c1-2-8-3-4-9(7-11(8)17(20)21)14-13(19)10-5-6-12(18)16-15-10/h3-4,7H,2,5-6H2,1H3,(H,14,19)(H,16,18). The lowest BCUT2D eigenvalue weighted by atomic mass is 10.1. The van der Waals surface area contributed by atoms with E-state index >= 15 is 0 Å². The molecule has 1 aliphatic heterocycles. The van der Waals surface area contributed by atoms with Gasteiger partial charge in [-0.15, -0.1) is 0 Å². The zero-order chi connectivity index (χ0) is 15.4. The van der Waals surface area contributed by atoms with Gasteiger partial charge in [0.15, 0.2) is 0 Å². The Hall–Kier alpha value is -2.77. The largest absolute Gasteiger partial charge is 0.321 e. The van der Waals surface area contributed by atoms with Crippen molar-refractivity contribution in [3.8, 4) is 0 Å². The number of anilines is 1. The first kappa shape index (κ1) is 14.6. The molecule has 2 amide bonds. The molecule has 0 fully saturated rings. The number of hydrogen-bond acceptors (Lipinski definition) is 5. The predicted molar refractivity (Wildman–Crippen MR) is 75.9 cm³/mol. The Morgan fingerprint density at radius 2 is 2.24 bits per heavy atom. The molecule has 0 aliphatic carbocycles. The van der Waals surface area contributed by atoms with Crippen molar-refractivity contribution in [3.63, 3.8) is 0 Å². The van der Waals surface area contributed by atoms with Gasteiger partial charge < -0.3 is 5.32 Å². The fourth-order valence-corrected chi connectivity index (χ4v) is 1.95. The van der Waals surface area contributed by atoms with Crippen LogP contribution in [0.15, 0.2) is 23.3 Å². The van der Waals surface area contributed by atoms with Gasteiger partial charge in [0.1, 0.15) is 5.71 Å². The summed E-state index contributed by atoms with van der Waals surface area (Å²) in [7, 11) is 0. The molecular weight excluding hydrogens is 276 g/mol. The Morgan fingerprint density at radius 1 is 1.48 bits per heavy atom. The number of nitrogens with one attached hydrogen (secondary N) is 2. The average molecular weight is 290 g/mol. The number of nitrogens with zero attached hydrogens (tertiary/aromatic N) is 2. The second-order valence-corrected chi connectivity index (χ2v) is 4.50. The maximum absolute atomic E-state index is 11.9. The van der Waals surface area contributed by atoms with Crippen LogP contribution in [0.4, 0.5) is 11.4 Å². The molecule has 0 atom stereocenters. The third-order valence-corrected chi connectivity index (χ3v) is 3.09. The summed E-state index contributed by atoms with van der Waals surface area (Å²) in [6.07, 6.45) is 0.970. The van der Waals surface area contributed by atoms with Crippen LogP contribution in [0.3, 0.4) is 0 Å². The SMILES string of the molecule is CCc1ccc(NC(=O)C2=NNC(=O)CC2)cc1[N+](=O)[O-]. The van der Waals surface area contributed by atoms with Gasteiger partial charge in [-0.2, -0.15) is 5.10 Å². The van der Waals surface area contributed by atoms with E-state index in [1.54, 1.807) is 12.1 Å². The molecule has 1 aromatic carbocycles. The lowest BCUT2D eigenvalue weighted by molar-refractivity contribution is -0.385. The van der Waals surface area contributed by atoms with Crippen LogP contribution in [0, 0.1) is 10.1 Å². The highest BCUT2D eigenvalue weighted by molar-refractivity contribution is 6.43.